The van der Waals surface area contributed by atoms with Crippen LogP contribution in [0.1, 0.15) is 33.1 Å². The molecule has 0 amide bonds. The van der Waals surface area contributed by atoms with Crippen LogP contribution in [-0.4, -0.2) is 18.2 Å². The number of fused-ring (bicyclic) bond motifs is 1. The first-order valence-corrected chi connectivity index (χ1v) is 7.58. The lowest BCUT2D eigenvalue weighted by atomic mass is 9.90. The number of hydrogen-bond acceptors (Lipinski definition) is 2. The lowest BCUT2D eigenvalue weighted by Crippen LogP contribution is -2.41. The lowest BCUT2D eigenvalue weighted by Gasteiger charge is -2.38. The van der Waals surface area contributed by atoms with Crippen LogP contribution >= 0.6 is 0 Å². The highest BCUT2D eigenvalue weighted by Gasteiger charge is 2.31. The molecule has 0 spiro atoms. The van der Waals surface area contributed by atoms with Crippen LogP contribution in [-0.2, 0) is 4.74 Å². The number of ether oxygens (including phenoxy) is 1. The second-order valence-corrected chi connectivity index (χ2v) is 6.05. The normalized spacial score (nSPS) is 26.6. The number of rotatable bonds is 3. The van der Waals surface area contributed by atoms with E-state index in [1.165, 1.54) is 16.5 Å². The zero-order valence-corrected chi connectivity index (χ0v) is 12.4. The van der Waals surface area contributed by atoms with E-state index in [9.17, 15) is 0 Å². The third-order valence-electron chi connectivity index (χ3n) is 4.46. The van der Waals surface area contributed by atoms with Gasteiger partial charge in [0.05, 0.1) is 5.60 Å². The van der Waals surface area contributed by atoms with Gasteiger partial charge in [-0.3, -0.25) is 0 Å². The third-order valence-corrected chi connectivity index (χ3v) is 4.46. The highest BCUT2D eigenvalue weighted by molar-refractivity contribution is 5.85. The van der Waals surface area contributed by atoms with E-state index in [1.54, 1.807) is 0 Å². The van der Waals surface area contributed by atoms with Crippen molar-refractivity contribution >= 4 is 16.5 Å². The Bertz CT molecular complexity index is 595. The van der Waals surface area contributed by atoms with E-state index in [0.29, 0.717) is 6.04 Å². The quantitative estimate of drug-likeness (QED) is 0.879. The smallest absolute Gasteiger partial charge is 0.0671 e. The van der Waals surface area contributed by atoms with Crippen LogP contribution < -0.4 is 5.32 Å². The van der Waals surface area contributed by atoms with Gasteiger partial charge < -0.3 is 10.1 Å². The summed E-state index contributed by atoms with van der Waals surface area (Å²) in [5, 5.41) is 6.27. The van der Waals surface area contributed by atoms with E-state index in [-0.39, 0.29) is 5.60 Å². The third kappa shape index (κ3) is 2.80. The molecule has 2 heteroatoms. The first kappa shape index (κ1) is 13.4. The maximum absolute atomic E-state index is 5.91. The summed E-state index contributed by atoms with van der Waals surface area (Å²) in [6.45, 7) is 5.29. The fourth-order valence-corrected chi connectivity index (χ4v) is 3.01. The van der Waals surface area contributed by atoms with Gasteiger partial charge in [-0.15, -0.1) is 0 Å². The van der Waals surface area contributed by atoms with Crippen molar-refractivity contribution in [1.82, 2.24) is 0 Å². The molecule has 2 unspecified atom stereocenters. The molecule has 0 radical (unpaired) electrons. The monoisotopic (exact) mass is 269 g/mol. The highest BCUT2D eigenvalue weighted by Crippen LogP contribution is 2.30. The van der Waals surface area contributed by atoms with Gasteiger partial charge in [-0.2, -0.15) is 0 Å². The highest BCUT2D eigenvalue weighted by atomic mass is 16.5. The van der Waals surface area contributed by atoms with Crippen LogP contribution in [0.15, 0.2) is 42.5 Å². The second-order valence-electron chi connectivity index (χ2n) is 6.05. The fourth-order valence-electron chi connectivity index (χ4n) is 3.01. The van der Waals surface area contributed by atoms with Crippen molar-refractivity contribution in [3.8, 4) is 0 Å². The minimum atomic E-state index is 0.0345. The molecule has 106 valence electrons. The molecule has 1 saturated heterocycles. The number of nitrogens with one attached hydrogen (secondary N) is 1. The Hall–Kier alpha value is -1.54. The van der Waals surface area contributed by atoms with Gasteiger partial charge in [-0.1, -0.05) is 37.3 Å². The van der Waals surface area contributed by atoms with Crippen molar-refractivity contribution in [1.29, 1.82) is 0 Å². The van der Waals surface area contributed by atoms with E-state index in [0.717, 1.165) is 25.9 Å². The summed E-state index contributed by atoms with van der Waals surface area (Å²) in [5.41, 5.74) is 1.25. The largest absolute Gasteiger partial charge is 0.382 e. The molecular weight excluding hydrogens is 246 g/mol. The van der Waals surface area contributed by atoms with E-state index in [4.69, 9.17) is 4.74 Å². The Balaban J connectivity index is 1.75. The molecule has 1 aliphatic heterocycles. The average molecular weight is 269 g/mol. The predicted molar refractivity (Wildman–Crippen MR) is 85.2 cm³/mol. The van der Waals surface area contributed by atoms with Crippen molar-refractivity contribution < 1.29 is 4.74 Å². The summed E-state index contributed by atoms with van der Waals surface area (Å²) >= 11 is 0. The Morgan fingerprint density at radius 1 is 1.20 bits per heavy atom. The van der Waals surface area contributed by atoms with Gasteiger partial charge in [0.2, 0.25) is 0 Å². The minimum Gasteiger partial charge on any atom is -0.382 e. The van der Waals surface area contributed by atoms with Gasteiger partial charge in [0.25, 0.3) is 0 Å². The van der Waals surface area contributed by atoms with Crippen LogP contribution in [0.25, 0.3) is 10.8 Å². The predicted octanol–water partition coefficient (Wildman–Crippen LogP) is 4.60. The maximum Gasteiger partial charge on any atom is 0.0671 e. The van der Waals surface area contributed by atoms with Crippen LogP contribution in [0.5, 0.6) is 0 Å². The van der Waals surface area contributed by atoms with E-state index in [2.05, 4.69) is 61.6 Å². The van der Waals surface area contributed by atoms with Crippen LogP contribution in [0, 0.1) is 0 Å². The van der Waals surface area contributed by atoms with E-state index < -0.39 is 0 Å². The molecular formula is C18H23NO. The molecule has 1 fully saturated rings. The van der Waals surface area contributed by atoms with Gasteiger partial charge >= 0.3 is 0 Å². The Labute approximate surface area is 121 Å². The van der Waals surface area contributed by atoms with Crippen molar-refractivity contribution in [2.75, 3.05) is 11.9 Å². The molecule has 1 aliphatic rings. The lowest BCUT2D eigenvalue weighted by molar-refractivity contribution is -0.0708. The maximum atomic E-state index is 5.91. The summed E-state index contributed by atoms with van der Waals surface area (Å²) in [6, 6.07) is 15.6. The van der Waals surface area contributed by atoms with Gasteiger partial charge in [-0.25, -0.2) is 0 Å². The Morgan fingerprint density at radius 3 is 2.80 bits per heavy atom. The number of anilines is 1. The zero-order valence-electron chi connectivity index (χ0n) is 12.4. The van der Waals surface area contributed by atoms with E-state index in [1.807, 2.05) is 0 Å². The standard InChI is InChI=1S/C18H23NO/c1-3-18(2)13-17(10-11-20-18)19-16-9-8-14-6-4-5-7-15(14)12-16/h4-9,12,17,19H,3,10-11,13H2,1-2H3. The zero-order chi connectivity index (χ0) is 14.0. The van der Waals surface area contributed by atoms with Crippen molar-refractivity contribution in [2.24, 2.45) is 0 Å². The topological polar surface area (TPSA) is 21.3 Å². The molecule has 20 heavy (non-hydrogen) atoms. The number of hydrogen-bond donors (Lipinski definition) is 1. The molecule has 0 aliphatic carbocycles. The van der Waals surface area contributed by atoms with Crippen molar-refractivity contribution in [3.05, 3.63) is 42.5 Å². The average Bonchev–Trinajstić information content (AvgIpc) is 2.47. The summed E-state index contributed by atoms with van der Waals surface area (Å²) in [6.07, 6.45) is 3.24. The summed E-state index contributed by atoms with van der Waals surface area (Å²) < 4.78 is 5.91. The van der Waals surface area contributed by atoms with Gasteiger partial charge in [0, 0.05) is 18.3 Å². The first-order chi connectivity index (χ1) is 9.68. The molecule has 2 aromatic carbocycles. The van der Waals surface area contributed by atoms with E-state index >= 15 is 0 Å². The Morgan fingerprint density at radius 2 is 2.00 bits per heavy atom. The molecule has 2 aromatic rings. The first-order valence-electron chi connectivity index (χ1n) is 7.58. The summed E-state index contributed by atoms with van der Waals surface area (Å²) in [4.78, 5) is 0. The summed E-state index contributed by atoms with van der Waals surface area (Å²) in [7, 11) is 0. The molecule has 0 aromatic heterocycles. The van der Waals surface area contributed by atoms with Crippen LogP contribution in [0.3, 0.4) is 0 Å². The van der Waals surface area contributed by atoms with Crippen LogP contribution in [0.4, 0.5) is 5.69 Å². The molecule has 3 rings (SSSR count). The van der Waals surface area contributed by atoms with Gasteiger partial charge in [-0.05, 0) is 49.1 Å². The van der Waals surface area contributed by atoms with Gasteiger partial charge in [0.1, 0.15) is 0 Å². The number of benzene rings is 2. The summed E-state index contributed by atoms with van der Waals surface area (Å²) in [5.74, 6) is 0. The molecule has 0 saturated carbocycles. The SMILES string of the molecule is CCC1(C)CC(Nc2ccc3ccccc3c2)CCO1. The molecule has 2 nitrogen and oxygen atoms in total. The fraction of sp³-hybridized carbons (Fsp3) is 0.444. The van der Waals surface area contributed by atoms with Crippen molar-refractivity contribution in [2.45, 2.75) is 44.8 Å². The molecule has 2 atom stereocenters. The Kier molecular flexibility index (Phi) is 3.66. The van der Waals surface area contributed by atoms with Crippen LogP contribution in [0.2, 0.25) is 0 Å². The molecule has 1 heterocycles. The molecule has 1 N–H and O–H groups in total. The minimum absolute atomic E-state index is 0.0345. The molecule has 0 bridgehead atoms. The second kappa shape index (κ2) is 5.45. The van der Waals surface area contributed by atoms with Gasteiger partial charge in [0.15, 0.2) is 0 Å². The van der Waals surface area contributed by atoms with Crippen molar-refractivity contribution in [3.63, 3.8) is 0 Å².